The van der Waals surface area contributed by atoms with Crippen LogP contribution in [0.1, 0.15) is 110 Å². The van der Waals surface area contributed by atoms with E-state index in [0.29, 0.717) is 29.5 Å². The average molecular weight is 696 g/mol. The van der Waals surface area contributed by atoms with Crippen LogP contribution in [0.5, 0.6) is 0 Å². The Morgan fingerprint density at radius 3 is 1.88 bits per heavy atom. The smallest absolute Gasteiger partial charge is 0.345 e. The summed E-state index contributed by atoms with van der Waals surface area (Å²) in [6.45, 7) is 13.0. The Labute approximate surface area is 294 Å². The van der Waals surface area contributed by atoms with E-state index in [1.165, 1.54) is 0 Å². The highest BCUT2D eigenvalue weighted by Gasteiger charge is 2.71. The van der Waals surface area contributed by atoms with Crippen molar-refractivity contribution in [2.75, 3.05) is 0 Å². The molecular weight excluding hydrogens is 642 g/mol. The monoisotopic (exact) mass is 695 g/mol. The Morgan fingerprint density at radius 1 is 0.720 bits per heavy atom. The largest absolute Gasteiger partial charge is 0.365 e. The number of rotatable bonds is 5. The van der Waals surface area contributed by atoms with Crippen LogP contribution in [0.4, 0.5) is 0 Å². The summed E-state index contributed by atoms with van der Waals surface area (Å²) >= 11 is 0. The minimum absolute atomic E-state index is 0.0315. The van der Waals surface area contributed by atoms with Gasteiger partial charge in [0.05, 0.1) is 17.4 Å². The van der Waals surface area contributed by atoms with Crippen molar-refractivity contribution in [2.24, 2.45) is 52.5 Å². The van der Waals surface area contributed by atoms with Crippen molar-refractivity contribution in [1.29, 1.82) is 0 Å². The van der Waals surface area contributed by atoms with Crippen LogP contribution in [0.15, 0.2) is 35.5 Å². The van der Waals surface area contributed by atoms with Gasteiger partial charge in [0.25, 0.3) is 0 Å². The molecule has 8 saturated heterocycles. The zero-order valence-electron chi connectivity index (χ0n) is 30.2. The van der Waals surface area contributed by atoms with Crippen LogP contribution in [-0.4, -0.2) is 59.2 Å². The maximum absolute atomic E-state index is 13.3. The molecule has 0 N–H and O–H groups in total. The highest BCUT2D eigenvalue weighted by Crippen LogP contribution is 2.63. The number of hydrogen-bond donors (Lipinski definition) is 0. The minimum Gasteiger partial charge on any atom is -0.345 e. The third-order valence-corrected chi connectivity index (χ3v) is 14.4. The first-order valence-electron chi connectivity index (χ1n) is 19.2. The Morgan fingerprint density at radius 2 is 1.28 bits per heavy atom. The quantitative estimate of drug-likeness (QED) is 0.137. The molecule has 1 aromatic rings. The maximum atomic E-state index is 13.3. The summed E-state index contributed by atoms with van der Waals surface area (Å²) in [4.78, 5) is 44.0. The molecule has 4 bridgehead atoms. The van der Waals surface area contributed by atoms with Crippen molar-refractivity contribution in [3.8, 4) is 0 Å². The van der Waals surface area contributed by atoms with E-state index in [1.807, 2.05) is 32.0 Å². The van der Waals surface area contributed by atoms with Gasteiger partial charge in [0.15, 0.2) is 23.8 Å². The number of benzene rings is 1. The predicted octanol–water partition coefficient (Wildman–Crippen LogP) is 7.09. The van der Waals surface area contributed by atoms with Gasteiger partial charge in [-0.05, 0) is 100 Å². The molecule has 2 spiro atoms. The molecule has 2 saturated carbocycles. The number of carbonyl (C=O) groups is 1. The summed E-state index contributed by atoms with van der Waals surface area (Å²) in [5, 5.41) is 4.67. The number of oxime groups is 1. The van der Waals surface area contributed by atoms with Gasteiger partial charge in [-0.3, -0.25) is 0 Å². The van der Waals surface area contributed by atoms with Crippen molar-refractivity contribution in [2.45, 2.75) is 147 Å². The second-order valence-corrected chi connectivity index (χ2v) is 17.3. The van der Waals surface area contributed by atoms with E-state index in [2.05, 4.69) is 32.9 Å². The first-order chi connectivity index (χ1) is 24.0. The average Bonchev–Trinajstić information content (AvgIpc) is 3.48. The first kappa shape index (κ1) is 33.8. The van der Waals surface area contributed by atoms with Crippen molar-refractivity contribution >= 4 is 11.7 Å². The molecule has 10 aliphatic rings. The van der Waals surface area contributed by atoms with Crippen molar-refractivity contribution in [1.82, 2.24) is 0 Å². The van der Waals surface area contributed by atoms with Gasteiger partial charge in [0.2, 0.25) is 11.6 Å². The number of nitrogens with zero attached hydrogens (tertiary/aromatic N) is 1. The molecule has 11 heteroatoms. The van der Waals surface area contributed by atoms with E-state index < -0.39 is 47.4 Å². The normalized spacial score (nSPS) is 52.3. The molecule has 8 aliphatic heterocycles. The Bertz CT molecular complexity index is 1510. The molecule has 274 valence electrons. The SMILES string of the molecule is C[C@H]1[C@@H](/C(C[C@H]2O[C@@H]3O[C@]4(C)CC[C@H]5[C@H](C)CC[C@@H]([C@H]2C)[C@@]35OO4)=N\OC(=O)c2ccccc2)O[C@@H]2O[C@]3(C)CC[C@H]4[C@H](C)CC[C@@H]1[C@@]24OO3. The highest BCUT2D eigenvalue weighted by molar-refractivity contribution is 5.92. The van der Waals surface area contributed by atoms with Gasteiger partial charge >= 0.3 is 5.97 Å². The Kier molecular flexibility index (Phi) is 8.14. The molecule has 0 radical (unpaired) electrons. The summed E-state index contributed by atoms with van der Waals surface area (Å²) in [6.07, 6.45) is 5.88. The molecule has 0 unspecified atom stereocenters. The summed E-state index contributed by atoms with van der Waals surface area (Å²) in [6, 6.07) is 8.95. The van der Waals surface area contributed by atoms with Crippen LogP contribution < -0.4 is 0 Å². The fourth-order valence-corrected chi connectivity index (χ4v) is 11.6. The van der Waals surface area contributed by atoms with Crippen molar-refractivity contribution in [3.05, 3.63) is 35.9 Å². The van der Waals surface area contributed by atoms with Gasteiger partial charge in [-0.2, -0.15) is 0 Å². The lowest BCUT2D eigenvalue weighted by Gasteiger charge is -2.61. The predicted molar refractivity (Wildman–Crippen MR) is 178 cm³/mol. The lowest BCUT2D eigenvalue weighted by atomic mass is 9.56. The summed E-state index contributed by atoms with van der Waals surface area (Å²) in [7, 11) is 0. The van der Waals surface area contributed by atoms with E-state index >= 15 is 0 Å². The van der Waals surface area contributed by atoms with Crippen LogP contribution >= 0.6 is 0 Å². The molecule has 16 atom stereocenters. The standard InChI is InChI=1S/C39H53NO10/c1-21-12-14-28-23(3)31(42-34-38(28)26(21)16-18-36(5,44-34)47-49-38)20-30(40-46-33(41)25-10-8-7-9-11-25)32-24(4)29-15-13-22(2)27-17-19-37(6)45-35(43-32)39(27,29)50-48-37/h7-11,21-24,26-29,31-32,34-35H,12-20H2,1-6H3/b40-30-/t21-,22-,23-,24-,26+,27+,28+,29+,31-,32+,34-,35-,36+,37+,38-,39-/m1/s1. The molecule has 2 aliphatic carbocycles. The number of hydrogen-bond acceptors (Lipinski definition) is 11. The third kappa shape index (κ3) is 4.97. The number of fused-ring (bicyclic) bond motifs is 4. The van der Waals surface area contributed by atoms with Crippen LogP contribution in [0, 0.1) is 47.3 Å². The van der Waals surface area contributed by atoms with E-state index in [0.717, 1.165) is 51.4 Å². The van der Waals surface area contributed by atoms with Gasteiger partial charge in [0, 0.05) is 31.1 Å². The van der Waals surface area contributed by atoms with E-state index in [-0.39, 0.29) is 41.6 Å². The van der Waals surface area contributed by atoms with Gasteiger partial charge in [-0.1, -0.05) is 51.0 Å². The Hall–Kier alpha value is -1.96. The van der Waals surface area contributed by atoms with Crippen LogP contribution in [0.2, 0.25) is 0 Å². The first-order valence-corrected chi connectivity index (χ1v) is 19.2. The summed E-state index contributed by atoms with van der Waals surface area (Å²) in [5.41, 5.74) is -0.337. The zero-order valence-corrected chi connectivity index (χ0v) is 30.2. The minimum atomic E-state index is -0.905. The topological polar surface area (TPSA) is 113 Å². The maximum Gasteiger partial charge on any atom is 0.365 e. The summed E-state index contributed by atoms with van der Waals surface area (Å²) in [5.74, 6) is -0.583. The van der Waals surface area contributed by atoms with E-state index in [1.54, 1.807) is 12.1 Å². The third-order valence-electron chi connectivity index (χ3n) is 14.4. The molecule has 0 aromatic heterocycles. The van der Waals surface area contributed by atoms with Crippen molar-refractivity contribution in [3.63, 3.8) is 0 Å². The lowest BCUT2D eigenvalue weighted by Crippen LogP contribution is -2.71. The fourth-order valence-electron chi connectivity index (χ4n) is 11.6. The van der Waals surface area contributed by atoms with Crippen LogP contribution in [0.25, 0.3) is 0 Å². The second-order valence-electron chi connectivity index (χ2n) is 17.3. The van der Waals surface area contributed by atoms with Crippen molar-refractivity contribution < 1.29 is 48.1 Å². The van der Waals surface area contributed by atoms with E-state index in [9.17, 15) is 4.79 Å². The summed E-state index contributed by atoms with van der Waals surface area (Å²) < 4.78 is 27.4. The molecule has 11 rings (SSSR count). The molecule has 10 fully saturated rings. The highest BCUT2D eigenvalue weighted by atomic mass is 17.3. The molecule has 0 amide bonds. The van der Waals surface area contributed by atoms with E-state index in [4.69, 9.17) is 43.3 Å². The molecule has 50 heavy (non-hydrogen) atoms. The lowest BCUT2D eigenvalue weighted by molar-refractivity contribution is -0.571. The molecule has 11 nitrogen and oxygen atoms in total. The van der Waals surface area contributed by atoms with Crippen LogP contribution in [-0.2, 0) is 43.3 Å². The van der Waals surface area contributed by atoms with Crippen LogP contribution in [0.3, 0.4) is 0 Å². The second kappa shape index (κ2) is 12.0. The molecule has 1 aromatic carbocycles. The van der Waals surface area contributed by atoms with Gasteiger partial charge < -0.3 is 23.8 Å². The fraction of sp³-hybridized carbons (Fsp3) is 0.795. The van der Waals surface area contributed by atoms with Gasteiger partial charge in [-0.15, -0.1) is 0 Å². The Balaban J connectivity index is 1.07. The van der Waals surface area contributed by atoms with Gasteiger partial charge in [-0.25, -0.2) is 24.3 Å². The molecule has 8 heterocycles. The number of ether oxygens (including phenoxy) is 4. The number of carbonyl (C=O) groups excluding carboxylic acids is 1. The molecular formula is C39H53NO10. The zero-order chi connectivity index (χ0) is 34.6. The van der Waals surface area contributed by atoms with Gasteiger partial charge in [0.1, 0.15) is 6.10 Å².